The Morgan fingerprint density at radius 2 is 1.74 bits per heavy atom. The lowest BCUT2D eigenvalue weighted by Gasteiger charge is -2.18. The normalized spacial score (nSPS) is 12.3. The standard InChI is InChI=1S/C16H17F2N/c1-10-7-8-13(9-15(10)18)12(3)19-16-6-4-5-14(17)11(16)2/h4-9,12,19H,1-3H3. The van der Waals surface area contributed by atoms with E-state index >= 15 is 0 Å². The average Bonchev–Trinajstić information content (AvgIpc) is 2.38. The fourth-order valence-electron chi connectivity index (χ4n) is 1.96. The summed E-state index contributed by atoms with van der Waals surface area (Å²) in [5.41, 5.74) is 2.76. The Kier molecular flexibility index (Phi) is 3.84. The molecule has 1 unspecified atom stereocenters. The smallest absolute Gasteiger partial charge is 0.128 e. The quantitative estimate of drug-likeness (QED) is 0.840. The van der Waals surface area contributed by atoms with E-state index in [0.29, 0.717) is 11.1 Å². The molecule has 0 aliphatic heterocycles. The Morgan fingerprint density at radius 3 is 2.42 bits per heavy atom. The summed E-state index contributed by atoms with van der Waals surface area (Å²) in [5, 5.41) is 3.21. The Hall–Kier alpha value is -1.90. The molecule has 0 heterocycles. The molecule has 0 radical (unpaired) electrons. The summed E-state index contributed by atoms with van der Waals surface area (Å²) < 4.78 is 27.0. The largest absolute Gasteiger partial charge is 0.378 e. The number of nitrogens with one attached hydrogen (secondary N) is 1. The number of halogens is 2. The highest BCUT2D eigenvalue weighted by Crippen LogP contribution is 2.24. The maximum absolute atomic E-state index is 13.5. The minimum absolute atomic E-state index is 0.0874. The maximum Gasteiger partial charge on any atom is 0.128 e. The number of benzene rings is 2. The van der Waals surface area contributed by atoms with Crippen LogP contribution >= 0.6 is 0 Å². The van der Waals surface area contributed by atoms with Gasteiger partial charge >= 0.3 is 0 Å². The predicted molar refractivity (Wildman–Crippen MR) is 74.3 cm³/mol. The minimum Gasteiger partial charge on any atom is -0.378 e. The summed E-state index contributed by atoms with van der Waals surface area (Å²) in [7, 11) is 0. The molecule has 1 N–H and O–H groups in total. The molecule has 0 saturated carbocycles. The third-order valence-corrected chi connectivity index (χ3v) is 3.34. The molecular weight excluding hydrogens is 244 g/mol. The molecule has 0 bridgehead atoms. The third-order valence-electron chi connectivity index (χ3n) is 3.34. The van der Waals surface area contributed by atoms with Gasteiger partial charge in [0, 0.05) is 17.3 Å². The van der Waals surface area contributed by atoms with Gasteiger partial charge in [-0.25, -0.2) is 8.78 Å². The van der Waals surface area contributed by atoms with Crippen LogP contribution in [0.25, 0.3) is 0 Å². The van der Waals surface area contributed by atoms with Crippen molar-refractivity contribution in [3.05, 3.63) is 64.7 Å². The molecule has 1 nitrogen and oxygen atoms in total. The first-order valence-electron chi connectivity index (χ1n) is 6.26. The fourth-order valence-corrected chi connectivity index (χ4v) is 1.96. The lowest BCUT2D eigenvalue weighted by Crippen LogP contribution is -2.08. The molecule has 0 fully saturated rings. The van der Waals surface area contributed by atoms with Gasteiger partial charge in [-0.15, -0.1) is 0 Å². The van der Waals surface area contributed by atoms with Gasteiger partial charge in [0.2, 0.25) is 0 Å². The lowest BCUT2D eigenvalue weighted by molar-refractivity contribution is 0.613. The van der Waals surface area contributed by atoms with Crippen LogP contribution in [-0.4, -0.2) is 0 Å². The molecular formula is C16H17F2N. The van der Waals surface area contributed by atoms with Crippen molar-refractivity contribution in [3.63, 3.8) is 0 Å². The van der Waals surface area contributed by atoms with Crippen LogP contribution in [0.2, 0.25) is 0 Å². The molecule has 2 aromatic rings. The van der Waals surface area contributed by atoms with Crippen molar-refractivity contribution in [1.29, 1.82) is 0 Å². The van der Waals surface area contributed by atoms with Crippen LogP contribution in [-0.2, 0) is 0 Å². The van der Waals surface area contributed by atoms with Gasteiger partial charge in [-0.05, 0) is 50.1 Å². The highest BCUT2D eigenvalue weighted by atomic mass is 19.1. The van der Waals surface area contributed by atoms with E-state index in [1.807, 2.05) is 19.1 Å². The fraction of sp³-hybridized carbons (Fsp3) is 0.250. The molecule has 0 saturated heterocycles. The van der Waals surface area contributed by atoms with Gasteiger partial charge in [-0.3, -0.25) is 0 Å². The number of hydrogen-bond acceptors (Lipinski definition) is 1. The molecule has 0 aromatic heterocycles. The van der Waals surface area contributed by atoms with E-state index in [-0.39, 0.29) is 17.7 Å². The molecule has 2 rings (SSSR count). The average molecular weight is 261 g/mol. The molecule has 0 spiro atoms. The molecule has 3 heteroatoms. The number of rotatable bonds is 3. The molecule has 2 aromatic carbocycles. The summed E-state index contributed by atoms with van der Waals surface area (Å²) in [4.78, 5) is 0. The van der Waals surface area contributed by atoms with Gasteiger partial charge in [-0.2, -0.15) is 0 Å². The summed E-state index contributed by atoms with van der Waals surface area (Å²) >= 11 is 0. The van der Waals surface area contributed by atoms with Gasteiger partial charge in [0.1, 0.15) is 11.6 Å². The van der Waals surface area contributed by atoms with Gasteiger partial charge in [0.05, 0.1) is 0 Å². The molecule has 0 aliphatic carbocycles. The van der Waals surface area contributed by atoms with Crippen molar-refractivity contribution < 1.29 is 8.78 Å². The Morgan fingerprint density at radius 1 is 1.00 bits per heavy atom. The van der Waals surface area contributed by atoms with Crippen LogP contribution in [0, 0.1) is 25.5 Å². The summed E-state index contributed by atoms with van der Waals surface area (Å²) in [5.74, 6) is -0.464. The van der Waals surface area contributed by atoms with Gasteiger partial charge in [-0.1, -0.05) is 18.2 Å². The molecule has 0 aliphatic rings. The third kappa shape index (κ3) is 2.92. The van der Waals surface area contributed by atoms with E-state index in [1.165, 1.54) is 12.1 Å². The van der Waals surface area contributed by atoms with Gasteiger partial charge < -0.3 is 5.32 Å². The number of anilines is 1. The van der Waals surface area contributed by atoms with E-state index in [0.717, 1.165) is 11.3 Å². The van der Waals surface area contributed by atoms with E-state index in [9.17, 15) is 8.78 Å². The molecule has 1 atom stereocenters. The summed E-state index contributed by atoms with van der Waals surface area (Å²) in [6.45, 7) is 5.38. The van der Waals surface area contributed by atoms with Crippen molar-refractivity contribution in [1.82, 2.24) is 0 Å². The van der Waals surface area contributed by atoms with E-state index in [1.54, 1.807) is 26.0 Å². The second-order valence-electron chi connectivity index (χ2n) is 4.79. The van der Waals surface area contributed by atoms with E-state index < -0.39 is 0 Å². The topological polar surface area (TPSA) is 12.0 Å². The van der Waals surface area contributed by atoms with Gasteiger partial charge in [0.15, 0.2) is 0 Å². The summed E-state index contributed by atoms with van der Waals surface area (Å²) in [6, 6.07) is 9.97. The van der Waals surface area contributed by atoms with E-state index in [4.69, 9.17) is 0 Å². The van der Waals surface area contributed by atoms with Crippen molar-refractivity contribution in [2.75, 3.05) is 5.32 Å². The number of hydrogen-bond donors (Lipinski definition) is 1. The van der Waals surface area contributed by atoms with Crippen molar-refractivity contribution in [3.8, 4) is 0 Å². The zero-order chi connectivity index (χ0) is 14.0. The Balaban J connectivity index is 2.23. The first-order chi connectivity index (χ1) is 8.99. The van der Waals surface area contributed by atoms with Crippen molar-refractivity contribution in [2.24, 2.45) is 0 Å². The number of aryl methyl sites for hydroxylation is 1. The lowest BCUT2D eigenvalue weighted by atomic mass is 10.0. The Labute approximate surface area is 112 Å². The molecule has 0 amide bonds. The zero-order valence-corrected chi connectivity index (χ0v) is 11.3. The zero-order valence-electron chi connectivity index (χ0n) is 11.3. The first kappa shape index (κ1) is 13.5. The second kappa shape index (κ2) is 5.39. The molecule has 19 heavy (non-hydrogen) atoms. The molecule has 100 valence electrons. The van der Waals surface area contributed by atoms with Crippen LogP contribution in [0.1, 0.15) is 29.7 Å². The van der Waals surface area contributed by atoms with Crippen molar-refractivity contribution >= 4 is 5.69 Å². The summed E-state index contributed by atoms with van der Waals surface area (Å²) in [6.07, 6.45) is 0. The SMILES string of the molecule is Cc1ccc(C(C)Nc2cccc(F)c2C)cc1F. The van der Waals surface area contributed by atoms with Crippen LogP contribution < -0.4 is 5.32 Å². The monoisotopic (exact) mass is 261 g/mol. The highest BCUT2D eigenvalue weighted by Gasteiger charge is 2.10. The predicted octanol–water partition coefficient (Wildman–Crippen LogP) is 4.75. The van der Waals surface area contributed by atoms with Crippen LogP contribution in [0.15, 0.2) is 36.4 Å². The van der Waals surface area contributed by atoms with E-state index in [2.05, 4.69) is 5.32 Å². The Bertz CT molecular complexity index is 593. The highest BCUT2D eigenvalue weighted by molar-refractivity contribution is 5.52. The first-order valence-corrected chi connectivity index (χ1v) is 6.26. The van der Waals surface area contributed by atoms with Crippen LogP contribution in [0.3, 0.4) is 0 Å². The van der Waals surface area contributed by atoms with Crippen LogP contribution in [0.5, 0.6) is 0 Å². The van der Waals surface area contributed by atoms with Crippen LogP contribution in [0.4, 0.5) is 14.5 Å². The maximum atomic E-state index is 13.5. The van der Waals surface area contributed by atoms with Gasteiger partial charge in [0.25, 0.3) is 0 Å². The second-order valence-corrected chi connectivity index (χ2v) is 4.79. The van der Waals surface area contributed by atoms with Crippen molar-refractivity contribution in [2.45, 2.75) is 26.8 Å². The minimum atomic E-state index is -0.243.